The molecule has 0 saturated carbocycles. The topological polar surface area (TPSA) is 65.9 Å². The number of nitrogens with zero attached hydrogens (tertiary/aromatic N) is 1. The average molecular weight is 497 g/mol. The number of nitrogens with one attached hydrogen (secondary N) is 2. The van der Waals surface area contributed by atoms with Crippen molar-refractivity contribution in [3.63, 3.8) is 0 Å². The number of rotatable bonds is 10. The van der Waals surface area contributed by atoms with Crippen LogP contribution in [0.3, 0.4) is 0 Å². The minimum Gasteiger partial charge on any atom is -0.491 e. The molecule has 0 aliphatic heterocycles. The fraction of sp³-hybridized carbons (Fsp3) is 0.409. The summed E-state index contributed by atoms with van der Waals surface area (Å²) in [6, 6.07) is 16.3. The van der Waals surface area contributed by atoms with E-state index in [-0.39, 0.29) is 30.6 Å². The Hall–Kier alpha value is -1.80. The van der Waals surface area contributed by atoms with Crippen LogP contribution in [0.15, 0.2) is 53.5 Å². The summed E-state index contributed by atoms with van der Waals surface area (Å²) in [4.78, 5) is 4.72. The number of ether oxygens (including phenoxy) is 1. The number of guanidine groups is 1. The minimum atomic E-state index is 0. The fourth-order valence-electron chi connectivity index (χ4n) is 2.55. The van der Waals surface area contributed by atoms with E-state index >= 15 is 0 Å². The lowest BCUT2D eigenvalue weighted by Gasteiger charge is -2.15. The summed E-state index contributed by atoms with van der Waals surface area (Å²) in [5.41, 5.74) is 3.47. The van der Waals surface area contributed by atoms with Crippen LogP contribution < -0.4 is 15.4 Å². The van der Waals surface area contributed by atoms with Crippen molar-refractivity contribution in [3.8, 4) is 5.75 Å². The van der Waals surface area contributed by atoms with Crippen LogP contribution in [0.1, 0.15) is 36.5 Å². The van der Waals surface area contributed by atoms with Gasteiger partial charge < -0.3 is 20.5 Å². The molecule has 3 N–H and O–H groups in total. The van der Waals surface area contributed by atoms with Crippen molar-refractivity contribution in [2.75, 3.05) is 19.8 Å². The van der Waals surface area contributed by atoms with Gasteiger partial charge in [0.05, 0.1) is 13.2 Å². The van der Waals surface area contributed by atoms with Gasteiger partial charge >= 0.3 is 0 Å². The molecule has 28 heavy (non-hydrogen) atoms. The Labute approximate surface area is 185 Å². The molecule has 0 bridgehead atoms. The number of aryl methyl sites for hydroxylation is 1. The molecule has 0 saturated heterocycles. The van der Waals surface area contributed by atoms with E-state index in [1.807, 2.05) is 24.3 Å². The van der Waals surface area contributed by atoms with Gasteiger partial charge in [0, 0.05) is 18.7 Å². The van der Waals surface area contributed by atoms with E-state index in [2.05, 4.69) is 48.7 Å². The number of para-hydroxylation sites is 1. The predicted molar refractivity (Wildman–Crippen MR) is 127 cm³/mol. The van der Waals surface area contributed by atoms with Gasteiger partial charge in [-0.25, -0.2) is 4.99 Å². The second kappa shape index (κ2) is 14.2. The first-order chi connectivity index (χ1) is 13.2. The zero-order valence-corrected chi connectivity index (χ0v) is 19.1. The molecule has 5 nitrogen and oxygen atoms in total. The third kappa shape index (κ3) is 8.93. The third-order valence-corrected chi connectivity index (χ3v) is 4.13. The van der Waals surface area contributed by atoms with Crippen LogP contribution in [0.4, 0.5) is 0 Å². The Balaban J connectivity index is 0.00000392. The number of aliphatic hydroxyl groups is 1. The molecule has 2 aromatic rings. The van der Waals surface area contributed by atoms with E-state index in [9.17, 15) is 0 Å². The highest BCUT2D eigenvalue weighted by molar-refractivity contribution is 14.0. The van der Waals surface area contributed by atoms with E-state index in [1.165, 1.54) is 11.1 Å². The maximum absolute atomic E-state index is 8.98. The van der Waals surface area contributed by atoms with E-state index in [1.54, 1.807) is 0 Å². The van der Waals surface area contributed by atoms with Crippen molar-refractivity contribution in [3.05, 3.63) is 65.2 Å². The first-order valence-electron chi connectivity index (χ1n) is 9.62. The van der Waals surface area contributed by atoms with Gasteiger partial charge in [0.2, 0.25) is 0 Å². The molecular formula is C22H32IN3O2. The lowest BCUT2D eigenvalue weighted by molar-refractivity contribution is 0.200. The largest absolute Gasteiger partial charge is 0.491 e. The Bertz CT molecular complexity index is 705. The standard InChI is InChI=1S/C22H31N3O2.HI/c1-3-4-13-23-22(24-16-19-11-9-18(2)10-12-19)25-17-20-7-5-6-8-21(20)27-15-14-26;/h5-12,26H,3-4,13-17H2,1-2H3,(H2,23,24,25);1H. The van der Waals surface area contributed by atoms with Crippen LogP contribution in [-0.4, -0.2) is 30.8 Å². The first-order valence-corrected chi connectivity index (χ1v) is 9.62. The summed E-state index contributed by atoms with van der Waals surface area (Å²) in [7, 11) is 0. The summed E-state index contributed by atoms with van der Waals surface area (Å²) in [6.45, 7) is 6.68. The van der Waals surface area contributed by atoms with Crippen LogP contribution in [0.5, 0.6) is 5.75 Å². The lowest BCUT2D eigenvalue weighted by Crippen LogP contribution is -2.37. The molecule has 154 valence electrons. The quantitative estimate of drug-likeness (QED) is 0.201. The van der Waals surface area contributed by atoms with Gasteiger partial charge in [0.1, 0.15) is 12.4 Å². The highest BCUT2D eigenvalue weighted by Crippen LogP contribution is 2.17. The molecule has 0 unspecified atom stereocenters. The summed E-state index contributed by atoms with van der Waals surface area (Å²) >= 11 is 0. The normalized spacial score (nSPS) is 10.9. The molecule has 2 aromatic carbocycles. The summed E-state index contributed by atoms with van der Waals surface area (Å²) in [6.07, 6.45) is 2.23. The van der Waals surface area contributed by atoms with Crippen molar-refractivity contribution in [1.29, 1.82) is 0 Å². The molecule has 0 spiro atoms. The number of benzene rings is 2. The summed E-state index contributed by atoms with van der Waals surface area (Å²) < 4.78 is 5.61. The molecule has 0 aliphatic rings. The fourth-order valence-corrected chi connectivity index (χ4v) is 2.55. The highest BCUT2D eigenvalue weighted by Gasteiger charge is 2.05. The predicted octanol–water partition coefficient (Wildman–Crippen LogP) is 4.02. The molecule has 2 rings (SSSR count). The molecule has 0 radical (unpaired) electrons. The molecule has 0 heterocycles. The summed E-state index contributed by atoms with van der Waals surface area (Å²) in [5, 5.41) is 15.8. The monoisotopic (exact) mass is 497 g/mol. The van der Waals surface area contributed by atoms with Gasteiger partial charge in [-0.3, -0.25) is 0 Å². The molecule has 0 atom stereocenters. The van der Waals surface area contributed by atoms with Crippen LogP contribution >= 0.6 is 24.0 Å². The van der Waals surface area contributed by atoms with E-state index in [4.69, 9.17) is 14.8 Å². The SMILES string of the molecule is CCCCNC(=NCc1ccc(C)cc1)NCc1ccccc1OCCO.I. The van der Waals surface area contributed by atoms with E-state index in [0.717, 1.165) is 36.7 Å². The van der Waals surface area contributed by atoms with E-state index in [0.29, 0.717) is 19.7 Å². The number of aliphatic hydroxyl groups excluding tert-OH is 1. The second-order valence-electron chi connectivity index (χ2n) is 6.46. The average Bonchev–Trinajstić information content (AvgIpc) is 2.70. The maximum Gasteiger partial charge on any atom is 0.191 e. The van der Waals surface area contributed by atoms with Crippen LogP contribution in [-0.2, 0) is 13.1 Å². The molecule has 0 fully saturated rings. The van der Waals surface area contributed by atoms with Crippen LogP contribution in [0.25, 0.3) is 0 Å². The number of aliphatic imine (C=N–C) groups is 1. The van der Waals surface area contributed by atoms with Crippen molar-refractivity contribution < 1.29 is 9.84 Å². The van der Waals surface area contributed by atoms with E-state index < -0.39 is 0 Å². The smallest absolute Gasteiger partial charge is 0.191 e. The number of halogens is 1. The van der Waals surface area contributed by atoms with Crippen LogP contribution in [0.2, 0.25) is 0 Å². The Morgan fingerprint density at radius 3 is 2.54 bits per heavy atom. The molecule has 6 heteroatoms. The molecule has 0 aromatic heterocycles. The zero-order valence-electron chi connectivity index (χ0n) is 16.8. The van der Waals surface area contributed by atoms with Gasteiger partial charge in [-0.15, -0.1) is 24.0 Å². The molecule has 0 amide bonds. The van der Waals surface area contributed by atoms with Gasteiger partial charge in [-0.05, 0) is 25.0 Å². The maximum atomic E-state index is 8.98. The highest BCUT2D eigenvalue weighted by atomic mass is 127. The van der Waals surface area contributed by atoms with Crippen molar-refractivity contribution in [1.82, 2.24) is 10.6 Å². The number of hydrogen-bond donors (Lipinski definition) is 3. The number of hydrogen-bond acceptors (Lipinski definition) is 3. The molecular weight excluding hydrogens is 465 g/mol. The lowest BCUT2D eigenvalue weighted by atomic mass is 10.1. The zero-order chi connectivity index (χ0) is 19.3. The minimum absolute atomic E-state index is 0. The Kier molecular flexibility index (Phi) is 12.3. The second-order valence-corrected chi connectivity index (χ2v) is 6.46. The van der Waals surface area contributed by atoms with Gasteiger partial charge in [-0.1, -0.05) is 61.4 Å². The van der Waals surface area contributed by atoms with Crippen LogP contribution in [0, 0.1) is 6.92 Å². The molecule has 0 aliphatic carbocycles. The third-order valence-electron chi connectivity index (χ3n) is 4.13. The first kappa shape index (κ1) is 24.2. The van der Waals surface area contributed by atoms with Gasteiger partial charge in [0.15, 0.2) is 5.96 Å². The van der Waals surface area contributed by atoms with Crippen molar-refractivity contribution in [2.45, 2.75) is 39.8 Å². The Morgan fingerprint density at radius 2 is 1.82 bits per heavy atom. The van der Waals surface area contributed by atoms with Crippen molar-refractivity contribution in [2.24, 2.45) is 4.99 Å². The summed E-state index contributed by atoms with van der Waals surface area (Å²) in [5.74, 6) is 1.58. The van der Waals surface area contributed by atoms with Gasteiger partial charge in [-0.2, -0.15) is 0 Å². The van der Waals surface area contributed by atoms with Crippen molar-refractivity contribution >= 4 is 29.9 Å². The Morgan fingerprint density at radius 1 is 1.07 bits per heavy atom. The van der Waals surface area contributed by atoms with Gasteiger partial charge in [0.25, 0.3) is 0 Å². The number of unbranched alkanes of at least 4 members (excludes halogenated alkanes) is 1.